The first-order valence-corrected chi connectivity index (χ1v) is 5.44. The molecule has 0 aromatic carbocycles. The van der Waals surface area contributed by atoms with E-state index in [1.807, 2.05) is 0 Å². The van der Waals surface area contributed by atoms with E-state index >= 15 is 0 Å². The first kappa shape index (κ1) is 10.3. The molecule has 12 heavy (non-hydrogen) atoms. The topological polar surface area (TPSA) is 3.24 Å². The van der Waals surface area contributed by atoms with E-state index in [9.17, 15) is 0 Å². The minimum atomic E-state index is 0.839. The predicted molar refractivity (Wildman–Crippen MR) is 57.5 cm³/mol. The molecule has 0 aromatic rings. The highest BCUT2D eigenvalue weighted by molar-refractivity contribution is 9.11. The Morgan fingerprint density at radius 3 is 2.67 bits per heavy atom. The van der Waals surface area contributed by atoms with Gasteiger partial charge < -0.3 is 0 Å². The molecule has 0 spiro atoms. The maximum Gasteiger partial charge on any atom is 0.0294 e. The fourth-order valence-corrected chi connectivity index (χ4v) is 2.09. The second-order valence-corrected chi connectivity index (χ2v) is 5.12. The smallest absolute Gasteiger partial charge is 0.0294 e. The zero-order valence-electron chi connectivity index (χ0n) is 8.02. The molecule has 0 saturated carbocycles. The fourth-order valence-electron chi connectivity index (χ4n) is 1.74. The van der Waals surface area contributed by atoms with E-state index in [1.165, 1.54) is 19.5 Å². The van der Waals surface area contributed by atoms with Crippen molar-refractivity contribution in [2.45, 2.75) is 20.3 Å². The summed E-state index contributed by atoms with van der Waals surface area (Å²) in [5, 5.41) is 0. The van der Waals surface area contributed by atoms with Gasteiger partial charge in [0.15, 0.2) is 0 Å². The van der Waals surface area contributed by atoms with Gasteiger partial charge in [0.05, 0.1) is 0 Å². The number of rotatable bonds is 2. The van der Waals surface area contributed by atoms with Gasteiger partial charge in [-0.1, -0.05) is 36.4 Å². The Hall–Kier alpha value is 0.180. The molecular weight excluding hydrogens is 214 g/mol. The minimum absolute atomic E-state index is 0.839. The normalized spacial score (nSPS) is 31.9. The first-order chi connectivity index (χ1) is 5.59. The van der Waals surface area contributed by atoms with E-state index in [0.717, 1.165) is 22.9 Å². The third-order valence-corrected chi connectivity index (χ3v) is 3.06. The Morgan fingerprint density at radius 2 is 2.17 bits per heavy atom. The number of hydrogen-bond acceptors (Lipinski definition) is 1. The van der Waals surface area contributed by atoms with Gasteiger partial charge in [0.25, 0.3) is 0 Å². The third kappa shape index (κ3) is 2.91. The summed E-state index contributed by atoms with van der Waals surface area (Å²) >= 11 is 3.41. The van der Waals surface area contributed by atoms with E-state index in [1.54, 1.807) is 0 Å². The summed E-state index contributed by atoms with van der Waals surface area (Å²) < 4.78 is 1.10. The molecule has 0 radical (unpaired) electrons. The van der Waals surface area contributed by atoms with Gasteiger partial charge in [0, 0.05) is 17.6 Å². The summed E-state index contributed by atoms with van der Waals surface area (Å²) in [5.74, 6) is 1.73. The average molecular weight is 232 g/mol. The second kappa shape index (κ2) is 4.43. The van der Waals surface area contributed by atoms with E-state index in [4.69, 9.17) is 0 Å². The Balaban J connectivity index is 2.35. The van der Waals surface area contributed by atoms with Crippen LogP contribution in [0.2, 0.25) is 0 Å². The summed E-state index contributed by atoms with van der Waals surface area (Å²) in [7, 11) is 0. The van der Waals surface area contributed by atoms with Crippen molar-refractivity contribution in [3.05, 3.63) is 11.1 Å². The zero-order valence-corrected chi connectivity index (χ0v) is 9.60. The van der Waals surface area contributed by atoms with Gasteiger partial charge in [-0.05, 0) is 24.8 Å². The fraction of sp³-hybridized carbons (Fsp3) is 0.800. The van der Waals surface area contributed by atoms with Crippen LogP contribution in [0, 0.1) is 11.8 Å². The molecule has 1 saturated heterocycles. The van der Waals surface area contributed by atoms with Gasteiger partial charge in [0.2, 0.25) is 0 Å². The maximum absolute atomic E-state index is 3.87. The van der Waals surface area contributed by atoms with Crippen molar-refractivity contribution in [1.29, 1.82) is 0 Å². The lowest BCUT2D eigenvalue weighted by molar-refractivity contribution is 0.151. The number of likely N-dealkylation sites (tertiary alicyclic amines) is 1. The van der Waals surface area contributed by atoms with Crippen LogP contribution in [0.5, 0.6) is 0 Å². The molecule has 0 aromatic heterocycles. The molecule has 1 aliphatic rings. The molecule has 0 N–H and O–H groups in total. The average Bonchev–Trinajstić information content (AvgIpc) is 1.96. The quantitative estimate of drug-likeness (QED) is 0.707. The highest BCUT2D eigenvalue weighted by atomic mass is 79.9. The molecule has 2 atom stereocenters. The van der Waals surface area contributed by atoms with Crippen LogP contribution in [0.25, 0.3) is 0 Å². The molecular formula is C10H18BrN. The standard InChI is InChI=1S/C10H18BrN/c1-8-4-5-12(6-9(8)2)7-10(3)11/h8-9H,3-7H2,1-2H3. The molecule has 0 amide bonds. The Morgan fingerprint density at radius 1 is 1.50 bits per heavy atom. The van der Waals surface area contributed by atoms with Gasteiger partial charge in [-0.2, -0.15) is 0 Å². The molecule has 1 fully saturated rings. The van der Waals surface area contributed by atoms with Gasteiger partial charge in [-0.15, -0.1) is 0 Å². The molecule has 1 heterocycles. The van der Waals surface area contributed by atoms with Crippen molar-refractivity contribution in [2.24, 2.45) is 11.8 Å². The van der Waals surface area contributed by atoms with Crippen LogP contribution in [0.4, 0.5) is 0 Å². The monoisotopic (exact) mass is 231 g/mol. The molecule has 0 aliphatic carbocycles. The largest absolute Gasteiger partial charge is 0.298 e. The molecule has 2 heteroatoms. The Labute approximate surface area is 84.0 Å². The molecule has 1 rings (SSSR count). The van der Waals surface area contributed by atoms with Gasteiger partial charge >= 0.3 is 0 Å². The van der Waals surface area contributed by atoms with Crippen molar-refractivity contribution in [2.75, 3.05) is 19.6 Å². The van der Waals surface area contributed by atoms with Crippen LogP contribution in [-0.2, 0) is 0 Å². The van der Waals surface area contributed by atoms with Crippen LogP contribution in [0.15, 0.2) is 11.1 Å². The van der Waals surface area contributed by atoms with Crippen molar-refractivity contribution in [1.82, 2.24) is 4.90 Å². The van der Waals surface area contributed by atoms with Crippen molar-refractivity contribution in [3.8, 4) is 0 Å². The lowest BCUT2D eigenvalue weighted by Gasteiger charge is -2.35. The number of nitrogens with zero attached hydrogens (tertiary/aromatic N) is 1. The van der Waals surface area contributed by atoms with Gasteiger partial charge in [-0.25, -0.2) is 0 Å². The SMILES string of the molecule is C=C(Br)CN1CCC(C)C(C)C1. The van der Waals surface area contributed by atoms with Crippen molar-refractivity contribution in [3.63, 3.8) is 0 Å². The molecule has 1 aliphatic heterocycles. The summed E-state index contributed by atoms with van der Waals surface area (Å²) in [6, 6.07) is 0. The predicted octanol–water partition coefficient (Wildman–Crippen LogP) is 2.87. The molecule has 1 nitrogen and oxygen atoms in total. The lowest BCUT2D eigenvalue weighted by Crippen LogP contribution is -2.38. The summed E-state index contributed by atoms with van der Waals surface area (Å²) in [4.78, 5) is 2.47. The number of hydrogen-bond donors (Lipinski definition) is 0. The van der Waals surface area contributed by atoms with E-state index in [0.29, 0.717) is 0 Å². The van der Waals surface area contributed by atoms with Crippen molar-refractivity contribution >= 4 is 15.9 Å². The Kier molecular flexibility index (Phi) is 3.78. The summed E-state index contributed by atoms with van der Waals surface area (Å²) in [6.45, 7) is 12.0. The molecule has 2 unspecified atom stereocenters. The van der Waals surface area contributed by atoms with Crippen LogP contribution < -0.4 is 0 Å². The Bertz CT molecular complexity index is 167. The first-order valence-electron chi connectivity index (χ1n) is 4.65. The second-order valence-electron chi connectivity index (χ2n) is 4.00. The summed E-state index contributed by atoms with van der Waals surface area (Å²) in [5.41, 5.74) is 0. The minimum Gasteiger partial charge on any atom is -0.298 e. The molecule has 0 bridgehead atoms. The van der Waals surface area contributed by atoms with E-state index in [-0.39, 0.29) is 0 Å². The van der Waals surface area contributed by atoms with E-state index < -0.39 is 0 Å². The highest BCUT2D eigenvalue weighted by Gasteiger charge is 2.22. The van der Waals surface area contributed by atoms with Crippen LogP contribution >= 0.6 is 15.9 Å². The number of halogens is 1. The van der Waals surface area contributed by atoms with Gasteiger partial charge in [-0.3, -0.25) is 4.90 Å². The zero-order chi connectivity index (χ0) is 9.14. The van der Waals surface area contributed by atoms with Crippen molar-refractivity contribution < 1.29 is 0 Å². The third-order valence-electron chi connectivity index (χ3n) is 2.81. The van der Waals surface area contributed by atoms with Crippen LogP contribution in [-0.4, -0.2) is 24.5 Å². The van der Waals surface area contributed by atoms with Crippen LogP contribution in [0.1, 0.15) is 20.3 Å². The summed E-state index contributed by atoms with van der Waals surface area (Å²) in [6.07, 6.45) is 1.33. The lowest BCUT2D eigenvalue weighted by atomic mass is 9.89. The molecule has 70 valence electrons. The maximum atomic E-state index is 3.87. The number of piperidine rings is 1. The van der Waals surface area contributed by atoms with E-state index in [2.05, 4.69) is 41.3 Å². The highest BCUT2D eigenvalue weighted by Crippen LogP contribution is 2.23. The van der Waals surface area contributed by atoms with Gasteiger partial charge in [0.1, 0.15) is 0 Å². The van der Waals surface area contributed by atoms with Crippen LogP contribution in [0.3, 0.4) is 0 Å².